The molecule has 1 heterocycles. The lowest BCUT2D eigenvalue weighted by molar-refractivity contribution is -0.143. The number of rotatable bonds is 8. The molecule has 22 heavy (non-hydrogen) atoms. The van der Waals surface area contributed by atoms with E-state index in [0.717, 1.165) is 38.9 Å². The van der Waals surface area contributed by atoms with E-state index >= 15 is 0 Å². The van der Waals surface area contributed by atoms with E-state index < -0.39 is 0 Å². The molecule has 0 bridgehead atoms. The standard InChI is InChI=1S/C18H28N2O2/c1-3-4-12-22-17(21)13-19-18(2)10-11-20(15-18)14-16-8-6-5-7-9-16/h5-9,19H,3-4,10-15H2,1-2H3. The van der Waals surface area contributed by atoms with E-state index in [2.05, 4.69) is 48.3 Å². The van der Waals surface area contributed by atoms with Crippen molar-refractivity contribution in [1.29, 1.82) is 0 Å². The van der Waals surface area contributed by atoms with Crippen LogP contribution in [0.1, 0.15) is 38.7 Å². The van der Waals surface area contributed by atoms with E-state index in [0.29, 0.717) is 13.2 Å². The number of esters is 1. The predicted octanol–water partition coefficient (Wildman–Crippen LogP) is 2.58. The first kappa shape index (κ1) is 17.0. The van der Waals surface area contributed by atoms with Crippen molar-refractivity contribution in [2.45, 2.75) is 45.2 Å². The van der Waals surface area contributed by atoms with Crippen LogP contribution in [0, 0.1) is 0 Å². The van der Waals surface area contributed by atoms with Gasteiger partial charge in [0, 0.05) is 25.2 Å². The van der Waals surface area contributed by atoms with Crippen molar-refractivity contribution in [2.24, 2.45) is 0 Å². The van der Waals surface area contributed by atoms with Gasteiger partial charge in [0.2, 0.25) is 0 Å². The molecule has 4 heteroatoms. The van der Waals surface area contributed by atoms with Crippen LogP contribution in [-0.2, 0) is 16.1 Å². The number of ether oxygens (including phenoxy) is 1. The van der Waals surface area contributed by atoms with Crippen molar-refractivity contribution < 1.29 is 9.53 Å². The van der Waals surface area contributed by atoms with Crippen LogP contribution < -0.4 is 5.32 Å². The monoisotopic (exact) mass is 304 g/mol. The van der Waals surface area contributed by atoms with Crippen LogP contribution in [0.5, 0.6) is 0 Å². The first-order valence-corrected chi connectivity index (χ1v) is 8.28. The van der Waals surface area contributed by atoms with Gasteiger partial charge in [-0.25, -0.2) is 0 Å². The summed E-state index contributed by atoms with van der Waals surface area (Å²) in [7, 11) is 0. The highest BCUT2D eigenvalue weighted by molar-refractivity contribution is 5.71. The third-order valence-electron chi connectivity index (χ3n) is 4.22. The molecule has 0 amide bonds. The zero-order chi connectivity index (χ0) is 15.8. The number of carbonyl (C=O) groups excluding carboxylic acids is 1. The molecule has 1 unspecified atom stereocenters. The summed E-state index contributed by atoms with van der Waals surface area (Å²) in [5.74, 6) is -0.142. The Hall–Kier alpha value is -1.39. The zero-order valence-corrected chi connectivity index (χ0v) is 13.8. The summed E-state index contributed by atoms with van der Waals surface area (Å²) in [6.07, 6.45) is 3.04. The minimum atomic E-state index is -0.142. The Morgan fingerprint density at radius 2 is 2.14 bits per heavy atom. The van der Waals surface area contributed by atoms with E-state index in [1.54, 1.807) is 0 Å². The summed E-state index contributed by atoms with van der Waals surface area (Å²) in [6.45, 7) is 8.12. The predicted molar refractivity (Wildman–Crippen MR) is 88.6 cm³/mol. The van der Waals surface area contributed by atoms with Crippen molar-refractivity contribution in [3.05, 3.63) is 35.9 Å². The minimum Gasteiger partial charge on any atom is -0.465 e. The minimum absolute atomic E-state index is 0.00143. The molecular formula is C18H28N2O2. The average Bonchev–Trinajstić information content (AvgIpc) is 2.88. The van der Waals surface area contributed by atoms with E-state index in [-0.39, 0.29) is 11.5 Å². The maximum Gasteiger partial charge on any atom is 0.319 e. The second-order valence-electron chi connectivity index (χ2n) is 6.43. The molecule has 0 aromatic heterocycles. The molecule has 0 saturated carbocycles. The van der Waals surface area contributed by atoms with Crippen LogP contribution in [0.3, 0.4) is 0 Å². The number of nitrogens with one attached hydrogen (secondary N) is 1. The van der Waals surface area contributed by atoms with Crippen LogP contribution >= 0.6 is 0 Å². The number of benzene rings is 1. The van der Waals surface area contributed by atoms with Gasteiger partial charge in [-0.1, -0.05) is 43.7 Å². The molecule has 0 aliphatic carbocycles. The number of hydrogen-bond donors (Lipinski definition) is 1. The van der Waals surface area contributed by atoms with Crippen LogP contribution in [0.15, 0.2) is 30.3 Å². The maximum absolute atomic E-state index is 11.7. The SMILES string of the molecule is CCCCOC(=O)CNC1(C)CCN(Cc2ccccc2)C1. The summed E-state index contributed by atoms with van der Waals surface area (Å²) >= 11 is 0. The summed E-state index contributed by atoms with van der Waals surface area (Å²) in [5.41, 5.74) is 1.34. The Kier molecular flexibility index (Phi) is 6.40. The number of likely N-dealkylation sites (tertiary alicyclic amines) is 1. The molecule has 1 aromatic carbocycles. The quantitative estimate of drug-likeness (QED) is 0.592. The molecule has 0 radical (unpaired) electrons. The zero-order valence-electron chi connectivity index (χ0n) is 13.8. The second kappa shape index (κ2) is 8.30. The normalized spacial score (nSPS) is 21.9. The second-order valence-corrected chi connectivity index (χ2v) is 6.43. The topological polar surface area (TPSA) is 41.6 Å². The molecule has 1 aliphatic rings. The Morgan fingerprint density at radius 1 is 1.36 bits per heavy atom. The molecule has 4 nitrogen and oxygen atoms in total. The molecular weight excluding hydrogens is 276 g/mol. The van der Waals surface area contributed by atoms with Gasteiger partial charge in [-0.05, 0) is 25.3 Å². The van der Waals surface area contributed by atoms with Crippen molar-refractivity contribution >= 4 is 5.97 Å². The highest BCUT2D eigenvalue weighted by Gasteiger charge is 2.33. The molecule has 122 valence electrons. The Bertz CT molecular complexity index is 463. The Morgan fingerprint density at radius 3 is 2.86 bits per heavy atom. The van der Waals surface area contributed by atoms with Gasteiger partial charge in [0.1, 0.15) is 0 Å². The summed E-state index contributed by atoms with van der Waals surface area (Å²) in [4.78, 5) is 14.1. The summed E-state index contributed by atoms with van der Waals surface area (Å²) in [5, 5.41) is 3.38. The molecule has 1 saturated heterocycles. The highest BCUT2D eigenvalue weighted by atomic mass is 16.5. The van der Waals surface area contributed by atoms with E-state index in [1.165, 1.54) is 5.56 Å². The highest BCUT2D eigenvalue weighted by Crippen LogP contribution is 2.22. The Balaban J connectivity index is 1.72. The number of hydrogen-bond acceptors (Lipinski definition) is 4. The van der Waals surface area contributed by atoms with E-state index in [9.17, 15) is 4.79 Å². The van der Waals surface area contributed by atoms with Crippen LogP contribution in [0.2, 0.25) is 0 Å². The molecule has 1 aliphatic heterocycles. The number of unbranched alkanes of at least 4 members (excludes halogenated alkanes) is 1. The average molecular weight is 304 g/mol. The van der Waals surface area contributed by atoms with Crippen molar-refractivity contribution in [1.82, 2.24) is 10.2 Å². The van der Waals surface area contributed by atoms with Gasteiger partial charge >= 0.3 is 5.97 Å². The first-order valence-electron chi connectivity index (χ1n) is 8.28. The van der Waals surface area contributed by atoms with E-state index in [4.69, 9.17) is 4.74 Å². The smallest absolute Gasteiger partial charge is 0.319 e. The number of carbonyl (C=O) groups is 1. The number of nitrogens with zero attached hydrogens (tertiary/aromatic N) is 1. The lowest BCUT2D eigenvalue weighted by Gasteiger charge is -2.26. The third kappa shape index (κ3) is 5.43. The third-order valence-corrected chi connectivity index (χ3v) is 4.22. The van der Waals surface area contributed by atoms with Crippen molar-refractivity contribution in [2.75, 3.05) is 26.2 Å². The Labute approximate surface area is 133 Å². The fraction of sp³-hybridized carbons (Fsp3) is 0.611. The van der Waals surface area contributed by atoms with Crippen molar-refractivity contribution in [3.63, 3.8) is 0 Å². The van der Waals surface area contributed by atoms with E-state index in [1.807, 2.05) is 6.07 Å². The fourth-order valence-electron chi connectivity index (χ4n) is 2.84. The largest absolute Gasteiger partial charge is 0.465 e. The van der Waals surface area contributed by atoms with Gasteiger partial charge in [-0.15, -0.1) is 0 Å². The van der Waals surface area contributed by atoms with Crippen LogP contribution in [0.4, 0.5) is 0 Å². The van der Waals surface area contributed by atoms with Gasteiger partial charge in [0.25, 0.3) is 0 Å². The first-order chi connectivity index (χ1) is 10.6. The van der Waals surface area contributed by atoms with Crippen LogP contribution in [-0.4, -0.2) is 42.6 Å². The van der Waals surface area contributed by atoms with Gasteiger partial charge < -0.3 is 10.1 Å². The maximum atomic E-state index is 11.7. The van der Waals surface area contributed by atoms with Gasteiger partial charge in [0.05, 0.1) is 13.2 Å². The van der Waals surface area contributed by atoms with Gasteiger partial charge in [-0.2, -0.15) is 0 Å². The molecule has 1 atom stereocenters. The fourth-order valence-corrected chi connectivity index (χ4v) is 2.84. The van der Waals surface area contributed by atoms with Crippen LogP contribution in [0.25, 0.3) is 0 Å². The lowest BCUT2D eigenvalue weighted by atomic mass is 10.0. The van der Waals surface area contributed by atoms with Crippen molar-refractivity contribution in [3.8, 4) is 0 Å². The summed E-state index contributed by atoms with van der Waals surface area (Å²) < 4.78 is 5.19. The molecule has 2 rings (SSSR count). The van der Waals surface area contributed by atoms with Gasteiger partial charge in [-0.3, -0.25) is 9.69 Å². The lowest BCUT2D eigenvalue weighted by Crippen LogP contribution is -2.47. The molecule has 1 N–H and O–H groups in total. The summed E-state index contributed by atoms with van der Waals surface area (Å²) in [6, 6.07) is 10.5. The molecule has 1 fully saturated rings. The molecule has 1 aromatic rings. The van der Waals surface area contributed by atoms with Gasteiger partial charge in [0.15, 0.2) is 0 Å². The molecule has 0 spiro atoms.